The van der Waals surface area contributed by atoms with Gasteiger partial charge in [-0.05, 0) is 48.8 Å². The summed E-state index contributed by atoms with van der Waals surface area (Å²) in [5, 5.41) is 5.92. The molecule has 1 saturated heterocycles. The Morgan fingerprint density at radius 2 is 2.05 bits per heavy atom. The number of carbonyl (C=O) groups is 2. The standard InChI is InChI=1S/C17H20N2O3/c20-15-8-13-12(2-1-3-14(13)19-15)16(21)18-11-9-17(10-11)4-6-22-7-5-17/h1-3,11H,4-10H2,(H,18,21)(H,19,20). The summed E-state index contributed by atoms with van der Waals surface area (Å²) < 4.78 is 5.42. The molecule has 5 nitrogen and oxygen atoms in total. The summed E-state index contributed by atoms with van der Waals surface area (Å²) in [6.45, 7) is 1.70. The van der Waals surface area contributed by atoms with E-state index in [4.69, 9.17) is 4.74 Å². The average Bonchev–Trinajstić information content (AvgIpc) is 2.86. The van der Waals surface area contributed by atoms with E-state index in [-0.39, 0.29) is 17.9 Å². The molecule has 1 aromatic carbocycles. The highest BCUT2D eigenvalue weighted by Crippen LogP contribution is 2.48. The number of hydrogen-bond acceptors (Lipinski definition) is 3. The number of hydrogen-bond donors (Lipinski definition) is 2. The van der Waals surface area contributed by atoms with E-state index in [0.717, 1.165) is 50.1 Å². The first-order valence-electron chi connectivity index (χ1n) is 7.96. The third-order valence-corrected chi connectivity index (χ3v) is 5.28. The van der Waals surface area contributed by atoms with Crippen LogP contribution in [0.2, 0.25) is 0 Å². The number of rotatable bonds is 2. The quantitative estimate of drug-likeness (QED) is 0.876. The van der Waals surface area contributed by atoms with Crippen LogP contribution in [0.1, 0.15) is 41.6 Å². The predicted octanol–water partition coefficient (Wildman–Crippen LogP) is 1.87. The van der Waals surface area contributed by atoms with E-state index in [1.54, 1.807) is 6.07 Å². The van der Waals surface area contributed by atoms with Crippen molar-refractivity contribution in [2.24, 2.45) is 5.41 Å². The molecule has 0 bridgehead atoms. The first kappa shape index (κ1) is 13.8. The molecule has 22 heavy (non-hydrogen) atoms. The van der Waals surface area contributed by atoms with Crippen molar-refractivity contribution in [2.45, 2.75) is 38.1 Å². The zero-order valence-corrected chi connectivity index (χ0v) is 12.5. The predicted molar refractivity (Wildman–Crippen MR) is 81.7 cm³/mol. The Kier molecular flexibility index (Phi) is 3.18. The van der Waals surface area contributed by atoms with Crippen LogP contribution in [0.5, 0.6) is 0 Å². The molecule has 1 aliphatic carbocycles. The Morgan fingerprint density at radius 3 is 2.82 bits per heavy atom. The molecule has 2 N–H and O–H groups in total. The third kappa shape index (κ3) is 2.29. The third-order valence-electron chi connectivity index (χ3n) is 5.28. The van der Waals surface area contributed by atoms with Gasteiger partial charge in [-0.3, -0.25) is 9.59 Å². The van der Waals surface area contributed by atoms with Gasteiger partial charge in [0.15, 0.2) is 0 Å². The van der Waals surface area contributed by atoms with E-state index >= 15 is 0 Å². The van der Waals surface area contributed by atoms with Crippen molar-refractivity contribution >= 4 is 17.5 Å². The molecular weight excluding hydrogens is 280 g/mol. The highest BCUT2D eigenvalue weighted by atomic mass is 16.5. The van der Waals surface area contributed by atoms with Crippen molar-refractivity contribution in [1.82, 2.24) is 5.32 Å². The average molecular weight is 300 g/mol. The SMILES string of the molecule is O=C1Cc2c(cccc2C(=O)NC2CC3(CCOCC3)C2)N1. The lowest BCUT2D eigenvalue weighted by Crippen LogP contribution is -2.52. The number of nitrogens with one attached hydrogen (secondary N) is 2. The van der Waals surface area contributed by atoms with Crippen molar-refractivity contribution < 1.29 is 14.3 Å². The van der Waals surface area contributed by atoms with Crippen LogP contribution in [-0.2, 0) is 16.0 Å². The monoisotopic (exact) mass is 300 g/mol. The van der Waals surface area contributed by atoms with Gasteiger partial charge in [0.1, 0.15) is 0 Å². The van der Waals surface area contributed by atoms with Crippen molar-refractivity contribution in [3.8, 4) is 0 Å². The van der Waals surface area contributed by atoms with E-state index in [0.29, 0.717) is 17.4 Å². The summed E-state index contributed by atoms with van der Waals surface area (Å²) >= 11 is 0. The normalized spacial score (nSPS) is 22.8. The highest BCUT2D eigenvalue weighted by molar-refractivity contribution is 6.05. The minimum atomic E-state index is -0.0553. The van der Waals surface area contributed by atoms with Gasteiger partial charge in [0, 0.05) is 30.5 Å². The largest absolute Gasteiger partial charge is 0.381 e. The van der Waals surface area contributed by atoms with E-state index < -0.39 is 0 Å². The van der Waals surface area contributed by atoms with Gasteiger partial charge in [0.25, 0.3) is 5.91 Å². The van der Waals surface area contributed by atoms with Crippen molar-refractivity contribution in [1.29, 1.82) is 0 Å². The number of fused-ring (bicyclic) bond motifs is 1. The minimum Gasteiger partial charge on any atom is -0.381 e. The summed E-state index contributed by atoms with van der Waals surface area (Å²) in [7, 11) is 0. The number of benzene rings is 1. The molecule has 0 atom stereocenters. The van der Waals surface area contributed by atoms with Gasteiger partial charge in [-0.2, -0.15) is 0 Å². The maximum absolute atomic E-state index is 12.5. The van der Waals surface area contributed by atoms with Crippen molar-refractivity contribution in [3.05, 3.63) is 29.3 Å². The molecule has 2 aliphatic heterocycles. The highest BCUT2D eigenvalue weighted by Gasteiger charge is 2.45. The van der Waals surface area contributed by atoms with Gasteiger partial charge in [0.05, 0.1) is 6.42 Å². The van der Waals surface area contributed by atoms with E-state index in [9.17, 15) is 9.59 Å². The van der Waals surface area contributed by atoms with Crippen LogP contribution in [0.25, 0.3) is 0 Å². The second-order valence-electron chi connectivity index (χ2n) is 6.75. The van der Waals surface area contributed by atoms with E-state index in [2.05, 4.69) is 10.6 Å². The molecule has 0 unspecified atom stereocenters. The van der Waals surface area contributed by atoms with Crippen LogP contribution >= 0.6 is 0 Å². The molecule has 2 heterocycles. The zero-order valence-electron chi connectivity index (χ0n) is 12.5. The van der Waals surface area contributed by atoms with Gasteiger partial charge in [-0.1, -0.05) is 6.07 Å². The van der Waals surface area contributed by atoms with Gasteiger partial charge in [-0.15, -0.1) is 0 Å². The van der Waals surface area contributed by atoms with E-state index in [1.165, 1.54) is 0 Å². The second kappa shape index (κ2) is 5.09. The molecular formula is C17H20N2O3. The first-order chi connectivity index (χ1) is 10.7. The molecule has 4 rings (SSSR count). The van der Waals surface area contributed by atoms with Crippen LogP contribution in [0.3, 0.4) is 0 Å². The fraction of sp³-hybridized carbons (Fsp3) is 0.529. The molecule has 1 aromatic rings. The van der Waals surface area contributed by atoms with Crippen LogP contribution < -0.4 is 10.6 Å². The van der Waals surface area contributed by atoms with Gasteiger partial charge in [-0.25, -0.2) is 0 Å². The Balaban J connectivity index is 1.42. The number of ether oxygens (including phenoxy) is 1. The summed E-state index contributed by atoms with van der Waals surface area (Å²) in [5.74, 6) is -0.0969. The molecule has 0 radical (unpaired) electrons. The van der Waals surface area contributed by atoms with Gasteiger partial charge >= 0.3 is 0 Å². The fourth-order valence-corrected chi connectivity index (χ4v) is 4.03. The zero-order chi connectivity index (χ0) is 15.2. The first-order valence-corrected chi connectivity index (χ1v) is 7.96. The summed E-state index contributed by atoms with van der Waals surface area (Å²) in [6.07, 6.45) is 4.62. The summed E-state index contributed by atoms with van der Waals surface area (Å²) in [5.41, 5.74) is 2.62. The Labute approximate surface area is 129 Å². The summed E-state index contributed by atoms with van der Waals surface area (Å²) in [4.78, 5) is 24.0. The smallest absolute Gasteiger partial charge is 0.251 e. The Morgan fingerprint density at radius 1 is 1.27 bits per heavy atom. The number of anilines is 1. The lowest BCUT2D eigenvalue weighted by Gasteiger charge is -2.50. The van der Waals surface area contributed by atoms with Crippen molar-refractivity contribution in [3.63, 3.8) is 0 Å². The minimum absolute atomic E-state index is 0.0416. The fourth-order valence-electron chi connectivity index (χ4n) is 4.03. The molecule has 1 saturated carbocycles. The summed E-state index contributed by atoms with van der Waals surface area (Å²) in [6, 6.07) is 5.72. The van der Waals surface area contributed by atoms with Crippen LogP contribution in [0.4, 0.5) is 5.69 Å². The molecule has 1 spiro atoms. The molecule has 2 amide bonds. The Hall–Kier alpha value is -1.88. The topological polar surface area (TPSA) is 67.4 Å². The van der Waals surface area contributed by atoms with E-state index in [1.807, 2.05) is 12.1 Å². The maximum Gasteiger partial charge on any atom is 0.251 e. The van der Waals surface area contributed by atoms with Crippen LogP contribution in [0, 0.1) is 5.41 Å². The maximum atomic E-state index is 12.5. The molecule has 5 heteroatoms. The molecule has 0 aromatic heterocycles. The number of amides is 2. The van der Waals surface area contributed by atoms with Gasteiger partial charge in [0.2, 0.25) is 5.91 Å². The van der Waals surface area contributed by atoms with Crippen LogP contribution in [0.15, 0.2) is 18.2 Å². The lowest BCUT2D eigenvalue weighted by molar-refractivity contribution is -0.115. The Bertz CT molecular complexity index is 627. The van der Waals surface area contributed by atoms with Crippen molar-refractivity contribution in [2.75, 3.05) is 18.5 Å². The van der Waals surface area contributed by atoms with Gasteiger partial charge < -0.3 is 15.4 Å². The lowest BCUT2D eigenvalue weighted by atomic mass is 9.61. The molecule has 116 valence electrons. The van der Waals surface area contributed by atoms with Crippen LogP contribution in [-0.4, -0.2) is 31.1 Å². The molecule has 2 fully saturated rings. The number of carbonyl (C=O) groups excluding carboxylic acids is 2. The second-order valence-corrected chi connectivity index (χ2v) is 6.75. The molecule has 3 aliphatic rings.